The van der Waals surface area contributed by atoms with Crippen LogP contribution in [0.4, 0.5) is 5.82 Å². The number of aryl methyl sites for hydroxylation is 1. The lowest BCUT2D eigenvalue weighted by Crippen LogP contribution is -2.42. The van der Waals surface area contributed by atoms with Crippen LogP contribution in [0.5, 0.6) is 0 Å². The van der Waals surface area contributed by atoms with Crippen molar-refractivity contribution in [3.8, 4) is 6.07 Å². The summed E-state index contributed by atoms with van der Waals surface area (Å²) in [6.07, 6.45) is 3.18. The van der Waals surface area contributed by atoms with Crippen LogP contribution in [-0.4, -0.2) is 29.2 Å². The van der Waals surface area contributed by atoms with E-state index in [-0.39, 0.29) is 11.8 Å². The van der Waals surface area contributed by atoms with Gasteiger partial charge in [0.25, 0.3) is 0 Å². The molecular weight excluding hydrogens is 266 g/mol. The Morgan fingerprint density at radius 2 is 2.19 bits per heavy atom. The summed E-state index contributed by atoms with van der Waals surface area (Å²) in [6, 6.07) is 2.27. The smallest absolute Gasteiger partial charge is 0.222 e. The van der Waals surface area contributed by atoms with Crippen molar-refractivity contribution in [1.82, 2.24) is 10.2 Å². The fourth-order valence-electron chi connectivity index (χ4n) is 2.90. The zero-order chi connectivity index (χ0) is 15.4. The number of carbonyl (C=O) groups is 1. The molecule has 1 aromatic heterocycles. The van der Waals surface area contributed by atoms with Gasteiger partial charge in [-0.1, -0.05) is 13.8 Å². The van der Waals surface area contributed by atoms with Crippen molar-refractivity contribution in [1.29, 1.82) is 5.26 Å². The first-order chi connectivity index (χ1) is 10.1. The average Bonchev–Trinajstić information content (AvgIpc) is 2.53. The number of nitriles is 1. The molecule has 6 nitrogen and oxygen atoms in total. The van der Waals surface area contributed by atoms with E-state index in [0.29, 0.717) is 17.9 Å². The molecule has 1 amide bonds. The monoisotopic (exact) mass is 287 g/mol. The van der Waals surface area contributed by atoms with Crippen LogP contribution in [0.15, 0.2) is 0 Å². The first-order valence-electron chi connectivity index (χ1n) is 7.45. The zero-order valence-corrected chi connectivity index (χ0v) is 12.6. The van der Waals surface area contributed by atoms with Gasteiger partial charge in [0.2, 0.25) is 5.91 Å². The normalized spacial score (nSPS) is 18.3. The van der Waals surface area contributed by atoms with Gasteiger partial charge in [0.1, 0.15) is 11.6 Å². The summed E-state index contributed by atoms with van der Waals surface area (Å²) in [5, 5.41) is 18.0. The van der Waals surface area contributed by atoms with Crippen molar-refractivity contribution >= 4 is 11.7 Å². The lowest BCUT2D eigenvalue weighted by Gasteiger charge is -2.32. The third-order valence-corrected chi connectivity index (χ3v) is 4.06. The number of piperidine rings is 1. The van der Waals surface area contributed by atoms with Gasteiger partial charge in [-0.15, -0.1) is 5.10 Å². The summed E-state index contributed by atoms with van der Waals surface area (Å²) in [5.74, 6) is 0.132. The predicted molar refractivity (Wildman–Crippen MR) is 79.6 cm³/mol. The van der Waals surface area contributed by atoms with E-state index in [2.05, 4.69) is 16.3 Å². The summed E-state index contributed by atoms with van der Waals surface area (Å²) < 4.78 is 0. The Morgan fingerprint density at radius 3 is 2.76 bits per heavy atom. The maximum atomic E-state index is 11.4. The Labute approximate surface area is 125 Å². The number of hydrogen-bond donors (Lipinski definition) is 1. The molecule has 1 aromatic rings. The Kier molecular flexibility index (Phi) is 4.73. The average molecular weight is 287 g/mol. The van der Waals surface area contributed by atoms with E-state index in [0.717, 1.165) is 43.5 Å². The van der Waals surface area contributed by atoms with Crippen LogP contribution in [-0.2, 0) is 17.6 Å². The van der Waals surface area contributed by atoms with E-state index < -0.39 is 0 Å². The molecule has 0 radical (unpaired) electrons. The van der Waals surface area contributed by atoms with Crippen LogP contribution in [0, 0.1) is 17.2 Å². The minimum absolute atomic E-state index is 0.178. The summed E-state index contributed by atoms with van der Waals surface area (Å²) in [4.78, 5) is 13.4. The highest BCUT2D eigenvalue weighted by molar-refractivity contribution is 5.77. The second-order valence-electron chi connectivity index (χ2n) is 5.33. The number of aromatic nitrogens is 2. The standard InChI is InChI=1S/C15H21N5O/c1-3-11-12(8-16)15(19-18-13(11)4-2)20-7-5-6-10(9-20)14(17)21/h10H,3-7,9H2,1-2H3,(H2,17,21). The molecule has 0 aromatic carbocycles. The lowest BCUT2D eigenvalue weighted by atomic mass is 9.96. The molecule has 1 unspecified atom stereocenters. The van der Waals surface area contributed by atoms with Gasteiger partial charge in [0, 0.05) is 13.1 Å². The molecule has 1 atom stereocenters. The van der Waals surface area contributed by atoms with Crippen molar-refractivity contribution in [3.63, 3.8) is 0 Å². The van der Waals surface area contributed by atoms with E-state index >= 15 is 0 Å². The van der Waals surface area contributed by atoms with Gasteiger partial charge in [-0.3, -0.25) is 4.79 Å². The second kappa shape index (κ2) is 6.53. The maximum Gasteiger partial charge on any atom is 0.222 e. The summed E-state index contributed by atoms with van der Waals surface area (Å²) in [7, 11) is 0. The van der Waals surface area contributed by atoms with Crippen LogP contribution in [0.3, 0.4) is 0 Å². The molecule has 0 aliphatic carbocycles. The molecular formula is C15H21N5O. The molecule has 21 heavy (non-hydrogen) atoms. The predicted octanol–water partition coefficient (Wildman–Crippen LogP) is 1.17. The van der Waals surface area contributed by atoms with Gasteiger partial charge in [-0.25, -0.2) is 0 Å². The number of rotatable bonds is 4. The molecule has 2 rings (SSSR count). The zero-order valence-electron chi connectivity index (χ0n) is 12.6. The fourth-order valence-corrected chi connectivity index (χ4v) is 2.90. The van der Waals surface area contributed by atoms with Crippen LogP contribution >= 0.6 is 0 Å². The number of anilines is 1. The van der Waals surface area contributed by atoms with Crippen molar-refractivity contribution in [2.75, 3.05) is 18.0 Å². The van der Waals surface area contributed by atoms with Gasteiger partial charge >= 0.3 is 0 Å². The first-order valence-corrected chi connectivity index (χ1v) is 7.45. The van der Waals surface area contributed by atoms with E-state index in [1.54, 1.807) is 0 Å². The fraction of sp³-hybridized carbons (Fsp3) is 0.600. The van der Waals surface area contributed by atoms with E-state index in [9.17, 15) is 10.1 Å². The van der Waals surface area contributed by atoms with E-state index in [1.165, 1.54) is 0 Å². The molecule has 2 N–H and O–H groups in total. The highest BCUT2D eigenvalue weighted by Gasteiger charge is 2.27. The number of primary amides is 1. The van der Waals surface area contributed by atoms with Gasteiger partial charge in [-0.05, 0) is 31.2 Å². The van der Waals surface area contributed by atoms with Crippen molar-refractivity contribution in [2.45, 2.75) is 39.5 Å². The minimum Gasteiger partial charge on any atom is -0.369 e. The SMILES string of the molecule is CCc1nnc(N2CCCC(C(N)=O)C2)c(C#N)c1CC. The minimum atomic E-state index is -0.285. The van der Waals surface area contributed by atoms with Crippen molar-refractivity contribution < 1.29 is 4.79 Å². The van der Waals surface area contributed by atoms with Gasteiger partial charge in [-0.2, -0.15) is 10.4 Å². The lowest BCUT2D eigenvalue weighted by molar-refractivity contribution is -0.122. The molecule has 1 saturated heterocycles. The third-order valence-electron chi connectivity index (χ3n) is 4.06. The van der Waals surface area contributed by atoms with E-state index in [1.807, 2.05) is 18.7 Å². The quantitative estimate of drug-likeness (QED) is 0.897. The number of nitrogens with two attached hydrogens (primary N) is 1. The van der Waals surface area contributed by atoms with Crippen molar-refractivity contribution in [3.05, 3.63) is 16.8 Å². The van der Waals surface area contributed by atoms with Crippen LogP contribution in [0.25, 0.3) is 0 Å². The van der Waals surface area contributed by atoms with Crippen LogP contribution in [0.2, 0.25) is 0 Å². The molecule has 1 aliphatic heterocycles. The number of carbonyl (C=O) groups excluding carboxylic acids is 1. The number of amides is 1. The molecule has 6 heteroatoms. The highest BCUT2D eigenvalue weighted by atomic mass is 16.1. The van der Waals surface area contributed by atoms with Gasteiger partial charge in [0.15, 0.2) is 5.82 Å². The molecule has 0 saturated carbocycles. The molecule has 0 spiro atoms. The molecule has 2 heterocycles. The Morgan fingerprint density at radius 1 is 1.43 bits per heavy atom. The molecule has 112 valence electrons. The van der Waals surface area contributed by atoms with Crippen LogP contribution < -0.4 is 10.6 Å². The molecule has 1 fully saturated rings. The second-order valence-corrected chi connectivity index (χ2v) is 5.33. The molecule has 1 aliphatic rings. The largest absolute Gasteiger partial charge is 0.369 e. The van der Waals surface area contributed by atoms with Crippen LogP contribution in [0.1, 0.15) is 43.5 Å². The summed E-state index contributed by atoms with van der Waals surface area (Å²) in [5.41, 5.74) is 7.85. The molecule has 0 bridgehead atoms. The number of hydrogen-bond acceptors (Lipinski definition) is 5. The van der Waals surface area contributed by atoms with Crippen molar-refractivity contribution in [2.24, 2.45) is 11.7 Å². The number of nitrogens with zero attached hydrogens (tertiary/aromatic N) is 4. The Hall–Kier alpha value is -2.16. The summed E-state index contributed by atoms with van der Waals surface area (Å²) in [6.45, 7) is 5.33. The Bertz CT molecular complexity index is 578. The van der Waals surface area contributed by atoms with Gasteiger partial charge < -0.3 is 10.6 Å². The topological polar surface area (TPSA) is 95.9 Å². The Balaban J connectivity index is 2.40. The van der Waals surface area contributed by atoms with E-state index in [4.69, 9.17) is 5.73 Å². The summed E-state index contributed by atoms with van der Waals surface area (Å²) >= 11 is 0. The third kappa shape index (κ3) is 2.97. The first kappa shape index (κ1) is 15.2. The maximum absolute atomic E-state index is 11.4. The van der Waals surface area contributed by atoms with Gasteiger partial charge in [0.05, 0.1) is 11.6 Å². The highest BCUT2D eigenvalue weighted by Crippen LogP contribution is 2.27.